The maximum atomic E-state index is 5.81. The summed E-state index contributed by atoms with van der Waals surface area (Å²) in [6.45, 7) is 4.20. The highest BCUT2D eigenvalue weighted by atomic mass is 35.5. The molecule has 0 aliphatic heterocycles. The summed E-state index contributed by atoms with van der Waals surface area (Å²) in [5.41, 5.74) is 7.68. The zero-order valence-electron chi connectivity index (χ0n) is 7.17. The molecule has 12 heavy (non-hydrogen) atoms. The van der Waals surface area contributed by atoms with Crippen LogP contribution in [0.2, 0.25) is 5.02 Å². The standard InChI is InChI=1S/C9H12ClN.ClH/c1-6(2)8-5-7(10)3-4-9(8)11;/h3-6H,11H2,1-2H3;1H. The lowest BCUT2D eigenvalue weighted by molar-refractivity contribution is 0.870. The van der Waals surface area contributed by atoms with Gasteiger partial charge in [-0.2, -0.15) is 0 Å². The van der Waals surface area contributed by atoms with E-state index < -0.39 is 0 Å². The third kappa shape index (κ3) is 2.58. The number of anilines is 1. The number of rotatable bonds is 1. The lowest BCUT2D eigenvalue weighted by atomic mass is 10.0. The molecule has 0 bridgehead atoms. The van der Waals surface area contributed by atoms with E-state index >= 15 is 0 Å². The van der Waals surface area contributed by atoms with Gasteiger partial charge in [-0.1, -0.05) is 25.4 Å². The van der Waals surface area contributed by atoms with Crippen LogP contribution in [0.25, 0.3) is 0 Å². The van der Waals surface area contributed by atoms with Gasteiger partial charge in [-0.25, -0.2) is 0 Å². The summed E-state index contributed by atoms with van der Waals surface area (Å²) in [7, 11) is 0. The fourth-order valence-corrected chi connectivity index (χ4v) is 1.23. The van der Waals surface area contributed by atoms with Crippen LogP contribution in [0.5, 0.6) is 0 Å². The maximum absolute atomic E-state index is 5.81. The Balaban J connectivity index is 0.00000121. The minimum Gasteiger partial charge on any atom is -0.398 e. The molecule has 0 heterocycles. The number of halogens is 2. The van der Waals surface area contributed by atoms with E-state index in [0.717, 1.165) is 16.3 Å². The molecule has 0 saturated carbocycles. The van der Waals surface area contributed by atoms with E-state index in [2.05, 4.69) is 13.8 Å². The summed E-state index contributed by atoms with van der Waals surface area (Å²) in [6.07, 6.45) is 0. The Morgan fingerprint density at radius 2 is 1.92 bits per heavy atom. The Labute approximate surface area is 84.3 Å². The largest absolute Gasteiger partial charge is 0.398 e. The molecule has 0 aliphatic rings. The fourth-order valence-electron chi connectivity index (χ4n) is 1.05. The summed E-state index contributed by atoms with van der Waals surface area (Å²) in [5.74, 6) is 0.439. The average Bonchev–Trinajstić information content (AvgIpc) is 1.94. The van der Waals surface area contributed by atoms with Crippen molar-refractivity contribution in [1.82, 2.24) is 0 Å². The van der Waals surface area contributed by atoms with E-state index in [1.807, 2.05) is 18.2 Å². The van der Waals surface area contributed by atoms with Crippen molar-refractivity contribution >= 4 is 29.7 Å². The highest BCUT2D eigenvalue weighted by Gasteiger charge is 2.03. The number of benzene rings is 1. The van der Waals surface area contributed by atoms with Gasteiger partial charge in [0.1, 0.15) is 0 Å². The molecule has 68 valence electrons. The number of nitrogen functional groups attached to an aromatic ring is 1. The summed E-state index contributed by atoms with van der Waals surface area (Å²) in [4.78, 5) is 0. The van der Waals surface area contributed by atoms with Crippen LogP contribution in [0, 0.1) is 0 Å². The molecular formula is C9H13Cl2N. The van der Waals surface area contributed by atoms with Gasteiger partial charge in [-0.15, -0.1) is 12.4 Å². The van der Waals surface area contributed by atoms with Crippen LogP contribution in [-0.4, -0.2) is 0 Å². The van der Waals surface area contributed by atoms with Crippen LogP contribution in [0.3, 0.4) is 0 Å². The number of hydrogen-bond acceptors (Lipinski definition) is 1. The maximum Gasteiger partial charge on any atom is 0.0410 e. The molecule has 1 nitrogen and oxygen atoms in total. The monoisotopic (exact) mass is 205 g/mol. The molecular weight excluding hydrogens is 193 g/mol. The van der Waals surface area contributed by atoms with Crippen molar-refractivity contribution in [3.8, 4) is 0 Å². The van der Waals surface area contributed by atoms with Crippen molar-refractivity contribution in [2.24, 2.45) is 0 Å². The van der Waals surface area contributed by atoms with E-state index in [0.29, 0.717) is 5.92 Å². The Morgan fingerprint density at radius 1 is 1.33 bits per heavy atom. The highest BCUT2D eigenvalue weighted by molar-refractivity contribution is 6.30. The molecule has 0 amide bonds. The zero-order chi connectivity index (χ0) is 8.43. The van der Waals surface area contributed by atoms with Gasteiger partial charge in [0.2, 0.25) is 0 Å². The van der Waals surface area contributed by atoms with Gasteiger partial charge in [0.05, 0.1) is 0 Å². The first-order chi connectivity index (χ1) is 5.11. The van der Waals surface area contributed by atoms with Gasteiger partial charge >= 0.3 is 0 Å². The smallest absolute Gasteiger partial charge is 0.0410 e. The molecule has 0 aromatic heterocycles. The third-order valence-electron chi connectivity index (χ3n) is 1.67. The van der Waals surface area contributed by atoms with Gasteiger partial charge < -0.3 is 5.73 Å². The summed E-state index contributed by atoms with van der Waals surface area (Å²) in [6, 6.07) is 5.57. The predicted octanol–water partition coefficient (Wildman–Crippen LogP) is 3.47. The molecule has 1 aromatic carbocycles. The molecule has 2 N–H and O–H groups in total. The topological polar surface area (TPSA) is 26.0 Å². The highest BCUT2D eigenvalue weighted by Crippen LogP contribution is 2.24. The van der Waals surface area contributed by atoms with Crippen LogP contribution in [-0.2, 0) is 0 Å². The van der Waals surface area contributed by atoms with E-state index in [4.69, 9.17) is 17.3 Å². The van der Waals surface area contributed by atoms with Crippen molar-refractivity contribution in [2.75, 3.05) is 5.73 Å². The normalized spacial score (nSPS) is 9.67. The van der Waals surface area contributed by atoms with E-state index in [9.17, 15) is 0 Å². The van der Waals surface area contributed by atoms with Crippen molar-refractivity contribution in [3.05, 3.63) is 28.8 Å². The molecule has 0 spiro atoms. The van der Waals surface area contributed by atoms with Crippen molar-refractivity contribution in [2.45, 2.75) is 19.8 Å². The molecule has 1 aromatic rings. The number of nitrogens with two attached hydrogens (primary N) is 1. The molecule has 0 radical (unpaired) electrons. The number of hydrogen-bond donors (Lipinski definition) is 1. The molecule has 1 rings (SSSR count). The Hall–Kier alpha value is -0.400. The van der Waals surface area contributed by atoms with E-state index in [1.165, 1.54) is 0 Å². The average molecular weight is 206 g/mol. The van der Waals surface area contributed by atoms with Crippen molar-refractivity contribution in [1.29, 1.82) is 0 Å². The lowest BCUT2D eigenvalue weighted by Gasteiger charge is -2.08. The van der Waals surface area contributed by atoms with Gasteiger partial charge in [0, 0.05) is 10.7 Å². The van der Waals surface area contributed by atoms with E-state index in [-0.39, 0.29) is 12.4 Å². The Morgan fingerprint density at radius 3 is 2.33 bits per heavy atom. The molecule has 0 atom stereocenters. The first-order valence-electron chi connectivity index (χ1n) is 3.66. The van der Waals surface area contributed by atoms with Gasteiger partial charge in [-0.05, 0) is 29.7 Å². The van der Waals surface area contributed by atoms with E-state index in [1.54, 1.807) is 0 Å². The van der Waals surface area contributed by atoms with Crippen LogP contribution in [0.4, 0.5) is 5.69 Å². The second-order valence-corrected chi connectivity index (χ2v) is 3.36. The molecule has 0 fully saturated rings. The van der Waals surface area contributed by atoms with Crippen LogP contribution < -0.4 is 5.73 Å². The van der Waals surface area contributed by atoms with Crippen LogP contribution >= 0.6 is 24.0 Å². The van der Waals surface area contributed by atoms with Crippen LogP contribution in [0.15, 0.2) is 18.2 Å². The SMILES string of the molecule is CC(C)c1cc(Cl)ccc1N.Cl. The third-order valence-corrected chi connectivity index (χ3v) is 1.91. The Kier molecular flexibility index (Phi) is 4.43. The summed E-state index contributed by atoms with van der Waals surface area (Å²) < 4.78 is 0. The minimum atomic E-state index is 0. The minimum absolute atomic E-state index is 0. The van der Waals surface area contributed by atoms with Crippen molar-refractivity contribution < 1.29 is 0 Å². The first kappa shape index (κ1) is 11.6. The lowest BCUT2D eigenvalue weighted by Crippen LogP contribution is -1.95. The second kappa shape index (κ2) is 4.58. The quantitative estimate of drug-likeness (QED) is 0.699. The van der Waals surface area contributed by atoms with Gasteiger partial charge in [0.25, 0.3) is 0 Å². The van der Waals surface area contributed by atoms with Crippen molar-refractivity contribution in [3.63, 3.8) is 0 Å². The second-order valence-electron chi connectivity index (χ2n) is 2.93. The molecule has 3 heteroatoms. The zero-order valence-corrected chi connectivity index (χ0v) is 8.75. The fraction of sp³-hybridized carbons (Fsp3) is 0.333. The Bertz CT molecular complexity index is 259. The summed E-state index contributed by atoms with van der Waals surface area (Å²) >= 11 is 5.81. The van der Waals surface area contributed by atoms with Gasteiger partial charge in [-0.3, -0.25) is 0 Å². The molecule has 0 saturated heterocycles. The van der Waals surface area contributed by atoms with Gasteiger partial charge in [0.15, 0.2) is 0 Å². The molecule has 0 aliphatic carbocycles. The van der Waals surface area contributed by atoms with Crippen LogP contribution in [0.1, 0.15) is 25.3 Å². The molecule has 0 unspecified atom stereocenters. The summed E-state index contributed by atoms with van der Waals surface area (Å²) in [5, 5.41) is 0.753. The predicted molar refractivity (Wildman–Crippen MR) is 57.2 cm³/mol. The first-order valence-corrected chi connectivity index (χ1v) is 4.04.